The zero-order valence-corrected chi connectivity index (χ0v) is 14.4. The van der Waals surface area contributed by atoms with Crippen LogP contribution in [0.5, 0.6) is 5.75 Å². The van der Waals surface area contributed by atoms with Gasteiger partial charge < -0.3 is 4.74 Å². The standard InChI is InChI=1S/C22H20N2O/c1-15-6-10-17(11-7-15)22-21-18(4-3-5-20(21)23-24-22)14-16-8-12-19(25-2)13-9-16/h3-13H,14H2,1-2H3,(H,23,24). The van der Waals surface area contributed by atoms with E-state index in [1.807, 2.05) is 12.1 Å². The zero-order valence-electron chi connectivity index (χ0n) is 14.4. The topological polar surface area (TPSA) is 37.9 Å². The molecule has 4 aromatic rings. The van der Waals surface area contributed by atoms with E-state index in [9.17, 15) is 0 Å². The Morgan fingerprint density at radius 1 is 0.920 bits per heavy atom. The summed E-state index contributed by atoms with van der Waals surface area (Å²) in [6.07, 6.45) is 0.861. The summed E-state index contributed by atoms with van der Waals surface area (Å²) < 4.78 is 5.25. The second-order valence-electron chi connectivity index (χ2n) is 6.30. The molecule has 0 aliphatic heterocycles. The Bertz CT molecular complexity index is 999. The maximum Gasteiger partial charge on any atom is 0.118 e. The molecule has 1 aromatic heterocycles. The average Bonchev–Trinajstić information content (AvgIpc) is 3.08. The molecule has 0 amide bonds. The van der Waals surface area contributed by atoms with Crippen molar-refractivity contribution in [1.82, 2.24) is 10.2 Å². The van der Waals surface area contributed by atoms with E-state index < -0.39 is 0 Å². The molecule has 3 aromatic carbocycles. The van der Waals surface area contributed by atoms with Gasteiger partial charge in [0.05, 0.1) is 12.6 Å². The van der Waals surface area contributed by atoms with Gasteiger partial charge in [-0.3, -0.25) is 5.10 Å². The molecule has 1 N–H and O–H groups in total. The van der Waals surface area contributed by atoms with Gasteiger partial charge in [0.2, 0.25) is 0 Å². The van der Waals surface area contributed by atoms with E-state index in [0.29, 0.717) is 0 Å². The first-order chi connectivity index (χ1) is 12.2. The molecule has 1 heterocycles. The smallest absolute Gasteiger partial charge is 0.118 e. The Morgan fingerprint density at radius 3 is 2.40 bits per heavy atom. The Labute approximate surface area is 147 Å². The van der Waals surface area contributed by atoms with Crippen molar-refractivity contribution in [2.45, 2.75) is 13.3 Å². The molecule has 0 spiro atoms. The summed E-state index contributed by atoms with van der Waals surface area (Å²) in [6, 6.07) is 23.1. The fourth-order valence-electron chi connectivity index (χ4n) is 3.18. The molecule has 0 fully saturated rings. The van der Waals surface area contributed by atoms with Crippen molar-refractivity contribution in [1.29, 1.82) is 0 Å². The second kappa shape index (κ2) is 6.44. The SMILES string of the molecule is COc1ccc(Cc2cccc3[nH]nc(-c4ccc(C)cc4)c23)cc1. The third kappa shape index (κ3) is 3.01. The third-order valence-electron chi connectivity index (χ3n) is 4.55. The molecule has 0 saturated carbocycles. The number of nitrogens with one attached hydrogen (secondary N) is 1. The van der Waals surface area contributed by atoms with Crippen LogP contribution in [0.3, 0.4) is 0 Å². The summed E-state index contributed by atoms with van der Waals surface area (Å²) in [7, 11) is 1.69. The first-order valence-electron chi connectivity index (χ1n) is 8.40. The second-order valence-corrected chi connectivity index (χ2v) is 6.30. The number of hydrogen-bond donors (Lipinski definition) is 1. The molecular formula is C22H20N2O. The molecular weight excluding hydrogens is 308 g/mol. The summed E-state index contributed by atoms with van der Waals surface area (Å²) in [5, 5.41) is 8.95. The lowest BCUT2D eigenvalue weighted by molar-refractivity contribution is 0.414. The Balaban J connectivity index is 1.78. The van der Waals surface area contributed by atoms with Crippen molar-refractivity contribution in [2.24, 2.45) is 0 Å². The summed E-state index contributed by atoms with van der Waals surface area (Å²) in [5.74, 6) is 0.880. The molecule has 0 atom stereocenters. The van der Waals surface area contributed by atoms with E-state index in [2.05, 4.69) is 71.7 Å². The summed E-state index contributed by atoms with van der Waals surface area (Å²) in [6.45, 7) is 2.10. The number of ether oxygens (including phenoxy) is 1. The molecule has 25 heavy (non-hydrogen) atoms. The van der Waals surface area contributed by atoms with Gasteiger partial charge in [-0.2, -0.15) is 5.10 Å². The monoisotopic (exact) mass is 328 g/mol. The normalized spacial score (nSPS) is 11.0. The highest BCUT2D eigenvalue weighted by molar-refractivity contribution is 5.95. The Kier molecular flexibility index (Phi) is 3.98. The number of hydrogen-bond acceptors (Lipinski definition) is 2. The van der Waals surface area contributed by atoms with E-state index in [4.69, 9.17) is 4.74 Å². The minimum atomic E-state index is 0.861. The molecule has 3 nitrogen and oxygen atoms in total. The van der Waals surface area contributed by atoms with E-state index in [1.54, 1.807) is 7.11 Å². The van der Waals surface area contributed by atoms with Crippen LogP contribution in [-0.4, -0.2) is 17.3 Å². The molecule has 0 radical (unpaired) electrons. The fraction of sp³-hybridized carbons (Fsp3) is 0.136. The van der Waals surface area contributed by atoms with E-state index in [-0.39, 0.29) is 0 Å². The van der Waals surface area contributed by atoms with Crippen molar-refractivity contribution in [3.8, 4) is 17.0 Å². The van der Waals surface area contributed by atoms with Gasteiger partial charge >= 0.3 is 0 Å². The Hall–Kier alpha value is -3.07. The first-order valence-corrected chi connectivity index (χ1v) is 8.40. The van der Waals surface area contributed by atoms with Crippen LogP contribution in [0.25, 0.3) is 22.2 Å². The lowest BCUT2D eigenvalue weighted by atomic mass is 9.97. The number of aromatic nitrogens is 2. The van der Waals surface area contributed by atoms with E-state index >= 15 is 0 Å². The minimum absolute atomic E-state index is 0.861. The lowest BCUT2D eigenvalue weighted by Gasteiger charge is -2.07. The average molecular weight is 328 g/mol. The Morgan fingerprint density at radius 2 is 1.68 bits per heavy atom. The van der Waals surface area contributed by atoms with Crippen LogP contribution in [-0.2, 0) is 6.42 Å². The number of fused-ring (bicyclic) bond motifs is 1. The highest BCUT2D eigenvalue weighted by atomic mass is 16.5. The number of methoxy groups -OCH3 is 1. The molecule has 0 aliphatic rings. The predicted octanol–water partition coefficient (Wildman–Crippen LogP) is 5.14. The van der Waals surface area contributed by atoms with E-state index in [1.165, 1.54) is 22.1 Å². The molecule has 3 heteroatoms. The molecule has 0 unspecified atom stereocenters. The first kappa shape index (κ1) is 15.5. The van der Waals surface area contributed by atoms with Crippen LogP contribution < -0.4 is 4.74 Å². The van der Waals surface area contributed by atoms with Crippen molar-refractivity contribution in [3.63, 3.8) is 0 Å². The van der Waals surface area contributed by atoms with Gasteiger partial charge in [-0.1, -0.05) is 54.1 Å². The molecule has 0 aliphatic carbocycles. The van der Waals surface area contributed by atoms with Gasteiger partial charge in [0.15, 0.2) is 0 Å². The number of rotatable bonds is 4. The van der Waals surface area contributed by atoms with Crippen molar-refractivity contribution in [3.05, 3.63) is 83.4 Å². The van der Waals surface area contributed by atoms with Gasteiger partial charge in [0, 0.05) is 10.9 Å². The fourth-order valence-corrected chi connectivity index (χ4v) is 3.18. The molecule has 0 bridgehead atoms. The van der Waals surface area contributed by atoms with Crippen LogP contribution in [0.4, 0.5) is 0 Å². The van der Waals surface area contributed by atoms with Crippen molar-refractivity contribution in [2.75, 3.05) is 7.11 Å². The van der Waals surface area contributed by atoms with Crippen molar-refractivity contribution >= 4 is 10.9 Å². The van der Waals surface area contributed by atoms with Gasteiger partial charge in [-0.05, 0) is 42.7 Å². The molecule has 0 saturated heterocycles. The number of aryl methyl sites for hydroxylation is 1. The van der Waals surface area contributed by atoms with Gasteiger partial charge in [0.1, 0.15) is 11.4 Å². The highest BCUT2D eigenvalue weighted by Crippen LogP contribution is 2.30. The van der Waals surface area contributed by atoms with Gasteiger partial charge in [-0.15, -0.1) is 0 Å². The summed E-state index contributed by atoms with van der Waals surface area (Å²) >= 11 is 0. The van der Waals surface area contributed by atoms with Gasteiger partial charge in [-0.25, -0.2) is 0 Å². The quantitative estimate of drug-likeness (QED) is 0.563. The van der Waals surface area contributed by atoms with E-state index in [0.717, 1.165) is 28.9 Å². The lowest BCUT2D eigenvalue weighted by Crippen LogP contribution is -1.91. The summed E-state index contributed by atoms with van der Waals surface area (Å²) in [4.78, 5) is 0. The maximum atomic E-state index is 5.25. The summed E-state index contributed by atoms with van der Waals surface area (Å²) in [5.41, 5.74) is 7.00. The van der Waals surface area contributed by atoms with Crippen LogP contribution in [0, 0.1) is 6.92 Å². The van der Waals surface area contributed by atoms with Crippen LogP contribution >= 0.6 is 0 Å². The van der Waals surface area contributed by atoms with Crippen LogP contribution in [0.1, 0.15) is 16.7 Å². The minimum Gasteiger partial charge on any atom is -0.497 e. The van der Waals surface area contributed by atoms with Gasteiger partial charge in [0.25, 0.3) is 0 Å². The third-order valence-corrected chi connectivity index (χ3v) is 4.55. The number of nitrogens with zero attached hydrogens (tertiary/aromatic N) is 1. The highest BCUT2D eigenvalue weighted by Gasteiger charge is 2.12. The number of aromatic amines is 1. The predicted molar refractivity (Wildman–Crippen MR) is 102 cm³/mol. The molecule has 124 valence electrons. The number of benzene rings is 3. The number of H-pyrrole nitrogens is 1. The molecule has 4 rings (SSSR count). The zero-order chi connectivity index (χ0) is 17.2. The van der Waals surface area contributed by atoms with Crippen LogP contribution in [0.2, 0.25) is 0 Å². The largest absolute Gasteiger partial charge is 0.497 e. The van der Waals surface area contributed by atoms with Crippen LogP contribution in [0.15, 0.2) is 66.7 Å². The maximum absolute atomic E-state index is 5.25. The van der Waals surface area contributed by atoms with Crippen molar-refractivity contribution < 1.29 is 4.74 Å².